The normalized spacial score (nSPS) is 21.2. The number of alkyl carbamates (subject to hydrolysis) is 1. The van der Waals surface area contributed by atoms with Crippen molar-refractivity contribution in [2.45, 2.75) is 44.2 Å². The smallest absolute Gasteiger partial charge is 0.407 e. The van der Waals surface area contributed by atoms with Gasteiger partial charge in [-0.25, -0.2) is 9.59 Å². The summed E-state index contributed by atoms with van der Waals surface area (Å²) in [6.45, 7) is 3.66. The Morgan fingerprint density at radius 1 is 1.09 bits per heavy atom. The lowest BCUT2D eigenvalue weighted by Gasteiger charge is -2.38. The molecule has 1 aliphatic heterocycles. The van der Waals surface area contributed by atoms with Crippen molar-refractivity contribution in [3.8, 4) is 11.1 Å². The van der Waals surface area contributed by atoms with E-state index in [1.54, 1.807) is 13.8 Å². The lowest BCUT2D eigenvalue weighted by molar-refractivity contribution is -0.167. The van der Waals surface area contributed by atoms with Crippen molar-refractivity contribution in [3.63, 3.8) is 0 Å². The number of hydrogen-bond donors (Lipinski definition) is 3. The van der Waals surface area contributed by atoms with Crippen LogP contribution >= 0.6 is 0 Å². The van der Waals surface area contributed by atoms with Crippen LogP contribution in [0.5, 0.6) is 0 Å². The first-order chi connectivity index (χ1) is 16.2. The standard InChI is InChI=1S/C26H30N2O6/c1-16(23(29)28-13-7-12-26(33,15-28)24(30)31)17(2)27-25(32)34-14-22-20-10-5-3-8-18(20)19-9-4-6-11-21(19)22/h3-6,8-11,16-17,22,33H,7,12-15H2,1-2H3,(H,27,32)(H,30,31). The van der Waals surface area contributed by atoms with E-state index in [0.29, 0.717) is 13.0 Å². The number of carboxylic acids is 1. The van der Waals surface area contributed by atoms with Crippen molar-refractivity contribution in [3.05, 3.63) is 59.7 Å². The summed E-state index contributed by atoms with van der Waals surface area (Å²) in [6.07, 6.45) is -0.113. The average Bonchev–Trinajstić information content (AvgIpc) is 3.15. The van der Waals surface area contributed by atoms with Crippen molar-refractivity contribution in [2.75, 3.05) is 19.7 Å². The quantitative estimate of drug-likeness (QED) is 0.603. The monoisotopic (exact) mass is 466 g/mol. The lowest BCUT2D eigenvalue weighted by atomic mass is 9.91. The molecule has 2 aromatic rings. The predicted molar refractivity (Wildman–Crippen MR) is 125 cm³/mol. The van der Waals surface area contributed by atoms with E-state index >= 15 is 0 Å². The molecule has 1 heterocycles. The van der Waals surface area contributed by atoms with Gasteiger partial charge in [-0.15, -0.1) is 0 Å². The number of carbonyl (C=O) groups excluding carboxylic acids is 2. The second-order valence-corrected chi connectivity index (χ2v) is 9.25. The van der Waals surface area contributed by atoms with Gasteiger partial charge >= 0.3 is 12.1 Å². The highest BCUT2D eigenvalue weighted by atomic mass is 16.5. The topological polar surface area (TPSA) is 116 Å². The first-order valence-corrected chi connectivity index (χ1v) is 11.6. The molecule has 2 amide bonds. The zero-order valence-electron chi connectivity index (χ0n) is 19.4. The molecule has 8 nitrogen and oxygen atoms in total. The average molecular weight is 467 g/mol. The molecule has 0 aromatic heterocycles. The molecule has 0 saturated carbocycles. The number of ether oxygens (including phenoxy) is 1. The molecule has 1 saturated heterocycles. The molecule has 34 heavy (non-hydrogen) atoms. The van der Waals surface area contributed by atoms with Gasteiger partial charge < -0.3 is 25.2 Å². The van der Waals surface area contributed by atoms with Gasteiger partial charge in [0, 0.05) is 18.5 Å². The van der Waals surface area contributed by atoms with E-state index in [9.17, 15) is 24.6 Å². The molecule has 2 aliphatic rings. The third kappa shape index (κ3) is 4.50. The van der Waals surface area contributed by atoms with Crippen LogP contribution in [0.15, 0.2) is 48.5 Å². The van der Waals surface area contributed by atoms with Crippen molar-refractivity contribution in [1.82, 2.24) is 10.2 Å². The zero-order valence-corrected chi connectivity index (χ0v) is 19.4. The van der Waals surface area contributed by atoms with E-state index < -0.39 is 29.6 Å². The van der Waals surface area contributed by atoms with Crippen LogP contribution in [0.4, 0.5) is 4.79 Å². The zero-order chi connectivity index (χ0) is 24.5. The summed E-state index contributed by atoms with van der Waals surface area (Å²) >= 11 is 0. The number of likely N-dealkylation sites (tertiary alicyclic amines) is 1. The van der Waals surface area contributed by atoms with Gasteiger partial charge in [0.2, 0.25) is 5.91 Å². The molecule has 0 spiro atoms. The minimum absolute atomic E-state index is 0.0606. The summed E-state index contributed by atoms with van der Waals surface area (Å²) in [4.78, 5) is 38.2. The SMILES string of the molecule is CC(NC(=O)OCC1c2ccccc2-c2ccccc21)C(C)C(=O)N1CCCC(O)(C(=O)O)C1. The van der Waals surface area contributed by atoms with Crippen LogP contribution in [0.2, 0.25) is 0 Å². The van der Waals surface area contributed by atoms with E-state index in [4.69, 9.17) is 4.74 Å². The van der Waals surface area contributed by atoms with Crippen LogP contribution in [0.3, 0.4) is 0 Å². The Kier molecular flexibility index (Phi) is 6.61. The molecule has 1 aliphatic carbocycles. The number of amides is 2. The second kappa shape index (κ2) is 9.46. The van der Waals surface area contributed by atoms with E-state index in [-0.39, 0.29) is 31.4 Å². The van der Waals surface area contributed by atoms with Gasteiger partial charge in [-0.2, -0.15) is 0 Å². The molecule has 3 atom stereocenters. The maximum absolute atomic E-state index is 12.9. The Morgan fingerprint density at radius 2 is 1.68 bits per heavy atom. The van der Waals surface area contributed by atoms with Crippen LogP contribution < -0.4 is 5.32 Å². The molecule has 8 heteroatoms. The maximum atomic E-state index is 12.9. The molecule has 2 aromatic carbocycles. The Labute approximate surface area is 198 Å². The number of aliphatic hydroxyl groups is 1. The number of aliphatic carboxylic acids is 1. The Morgan fingerprint density at radius 3 is 2.26 bits per heavy atom. The Hall–Kier alpha value is -3.39. The summed E-state index contributed by atoms with van der Waals surface area (Å²) < 4.78 is 5.56. The van der Waals surface area contributed by atoms with Crippen molar-refractivity contribution < 1.29 is 29.3 Å². The van der Waals surface area contributed by atoms with Crippen LogP contribution in [-0.4, -0.2) is 64.4 Å². The number of benzene rings is 2. The summed E-state index contributed by atoms with van der Waals surface area (Å²) in [5, 5.41) is 22.3. The van der Waals surface area contributed by atoms with E-state index in [2.05, 4.69) is 17.4 Å². The van der Waals surface area contributed by atoms with Crippen LogP contribution in [0.25, 0.3) is 11.1 Å². The Balaban J connectivity index is 1.34. The molecule has 4 rings (SSSR count). The fourth-order valence-electron chi connectivity index (χ4n) is 4.85. The van der Waals surface area contributed by atoms with Gasteiger partial charge in [0.1, 0.15) is 6.61 Å². The third-order valence-electron chi connectivity index (χ3n) is 7.01. The highest BCUT2D eigenvalue weighted by molar-refractivity contribution is 5.83. The minimum atomic E-state index is -1.93. The summed E-state index contributed by atoms with van der Waals surface area (Å²) in [5.41, 5.74) is 2.58. The first-order valence-electron chi connectivity index (χ1n) is 11.6. The molecule has 3 unspecified atom stereocenters. The molecule has 3 N–H and O–H groups in total. The van der Waals surface area contributed by atoms with E-state index in [0.717, 1.165) is 22.3 Å². The third-order valence-corrected chi connectivity index (χ3v) is 7.01. The minimum Gasteiger partial charge on any atom is -0.479 e. The summed E-state index contributed by atoms with van der Waals surface area (Å²) in [6, 6.07) is 15.6. The van der Waals surface area contributed by atoms with Crippen molar-refractivity contribution in [1.29, 1.82) is 0 Å². The highest BCUT2D eigenvalue weighted by Gasteiger charge is 2.43. The number of fused-ring (bicyclic) bond motifs is 3. The molecule has 0 bridgehead atoms. The van der Waals surface area contributed by atoms with Crippen molar-refractivity contribution in [2.24, 2.45) is 5.92 Å². The van der Waals surface area contributed by atoms with Gasteiger partial charge in [-0.3, -0.25) is 4.79 Å². The van der Waals surface area contributed by atoms with Crippen LogP contribution in [0, 0.1) is 5.92 Å². The van der Waals surface area contributed by atoms with Crippen LogP contribution in [0.1, 0.15) is 43.7 Å². The number of nitrogens with zero attached hydrogens (tertiary/aromatic N) is 1. The second-order valence-electron chi connectivity index (χ2n) is 9.25. The fraction of sp³-hybridized carbons (Fsp3) is 0.423. The molecule has 0 radical (unpaired) electrons. The van der Waals surface area contributed by atoms with Crippen LogP contribution in [-0.2, 0) is 14.3 Å². The van der Waals surface area contributed by atoms with E-state index in [1.165, 1.54) is 4.90 Å². The fourth-order valence-corrected chi connectivity index (χ4v) is 4.85. The highest BCUT2D eigenvalue weighted by Crippen LogP contribution is 2.44. The summed E-state index contributed by atoms with van der Waals surface area (Å²) in [5.74, 6) is -2.32. The number of hydrogen-bond acceptors (Lipinski definition) is 5. The number of β-amino-alcohol motifs (C(OH)–C–C–N with tert-alkyl or cyclic N) is 1. The molecular weight excluding hydrogens is 436 g/mol. The Bertz CT molecular complexity index is 1060. The molecule has 1 fully saturated rings. The predicted octanol–water partition coefficient (Wildman–Crippen LogP) is 2.99. The molecular formula is C26H30N2O6. The molecule has 180 valence electrons. The van der Waals surface area contributed by atoms with Gasteiger partial charge in [-0.05, 0) is 42.0 Å². The number of piperidine rings is 1. The maximum Gasteiger partial charge on any atom is 0.407 e. The van der Waals surface area contributed by atoms with E-state index in [1.807, 2.05) is 36.4 Å². The first kappa shape index (κ1) is 23.8. The number of carbonyl (C=O) groups is 3. The largest absolute Gasteiger partial charge is 0.479 e. The number of rotatable bonds is 6. The lowest BCUT2D eigenvalue weighted by Crippen LogP contribution is -2.57. The van der Waals surface area contributed by atoms with Gasteiger partial charge in [-0.1, -0.05) is 55.5 Å². The number of carboxylic acid groups (broad SMARTS) is 1. The van der Waals surface area contributed by atoms with Gasteiger partial charge in [0.15, 0.2) is 5.60 Å². The van der Waals surface area contributed by atoms with Gasteiger partial charge in [0.25, 0.3) is 0 Å². The number of nitrogens with one attached hydrogen (secondary N) is 1. The van der Waals surface area contributed by atoms with Gasteiger partial charge in [0.05, 0.1) is 12.5 Å². The summed E-state index contributed by atoms with van der Waals surface area (Å²) in [7, 11) is 0. The van der Waals surface area contributed by atoms with Crippen molar-refractivity contribution >= 4 is 18.0 Å².